The van der Waals surface area contributed by atoms with Gasteiger partial charge in [0, 0.05) is 11.6 Å². The number of nitrogens with zero attached hydrogens (tertiary/aromatic N) is 1. The zero-order valence-electron chi connectivity index (χ0n) is 8.84. The van der Waals surface area contributed by atoms with Crippen molar-refractivity contribution in [2.75, 3.05) is 11.5 Å². The summed E-state index contributed by atoms with van der Waals surface area (Å²) in [5.41, 5.74) is 6.85. The van der Waals surface area contributed by atoms with E-state index in [1.807, 2.05) is 0 Å². The van der Waals surface area contributed by atoms with E-state index in [1.165, 1.54) is 6.07 Å². The predicted molar refractivity (Wildman–Crippen MR) is 63.9 cm³/mol. The van der Waals surface area contributed by atoms with Gasteiger partial charge in [-0.25, -0.2) is 8.42 Å². The Morgan fingerprint density at radius 1 is 1.31 bits per heavy atom. The standard InChI is InChI=1S/C11H12N2O2S/c1-2-16(14,15)10-6-5-9-8(11(10)12)4-3-7-13-9/h3-7H,2,12H2,1H3. The highest BCUT2D eigenvalue weighted by atomic mass is 32.2. The van der Waals surface area contributed by atoms with Crippen LogP contribution < -0.4 is 5.73 Å². The lowest BCUT2D eigenvalue weighted by atomic mass is 10.2. The van der Waals surface area contributed by atoms with E-state index in [9.17, 15) is 8.42 Å². The number of sulfone groups is 1. The molecule has 0 aliphatic heterocycles. The fourth-order valence-electron chi connectivity index (χ4n) is 1.58. The molecule has 5 heteroatoms. The second kappa shape index (κ2) is 3.75. The number of hydrogen-bond donors (Lipinski definition) is 1. The quantitative estimate of drug-likeness (QED) is 0.804. The summed E-state index contributed by atoms with van der Waals surface area (Å²) in [4.78, 5) is 4.31. The molecule has 16 heavy (non-hydrogen) atoms. The molecule has 4 nitrogen and oxygen atoms in total. The predicted octanol–water partition coefficient (Wildman–Crippen LogP) is 1.61. The van der Waals surface area contributed by atoms with Gasteiger partial charge in [0.05, 0.1) is 21.9 Å². The molecule has 2 aromatic rings. The lowest BCUT2D eigenvalue weighted by molar-refractivity contribution is 0.598. The molecule has 0 amide bonds. The smallest absolute Gasteiger partial charge is 0.180 e. The molecule has 1 aromatic carbocycles. The fourth-order valence-corrected chi connectivity index (χ4v) is 2.61. The van der Waals surface area contributed by atoms with Crippen molar-refractivity contribution in [2.24, 2.45) is 0 Å². The van der Waals surface area contributed by atoms with Crippen LogP contribution in [-0.4, -0.2) is 19.2 Å². The van der Waals surface area contributed by atoms with Crippen molar-refractivity contribution in [3.05, 3.63) is 30.5 Å². The second-order valence-electron chi connectivity index (χ2n) is 3.45. The van der Waals surface area contributed by atoms with Gasteiger partial charge in [-0.05, 0) is 24.3 Å². The van der Waals surface area contributed by atoms with E-state index in [1.54, 1.807) is 31.3 Å². The Morgan fingerprint density at radius 3 is 2.75 bits per heavy atom. The van der Waals surface area contributed by atoms with Crippen molar-refractivity contribution in [1.82, 2.24) is 4.98 Å². The van der Waals surface area contributed by atoms with Gasteiger partial charge in [-0.2, -0.15) is 0 Å². The molecule has 1 heterocycles. The monoisotopic (exact) mass is 236 g/mol. The van der Waals surface area contributed by atoms with Crippen LogP contribution in [0.2, 0.25) is 0 Å². The number of pyridine rings is 1. The third kappa shape index (κ3) is 1.63. The Labute approximate surface area is 94.0 Å². The highest BCUT2D eigenvalue weighted by Crippen LogP contribution is 2.27. The topological polar surface area (TPSA) is 73.0 Å². The second-order valence-corrected chi connectivity index (χ2v) is 5.70. The summed E-state index contributed by atoms with van der Waals surface area (Å²) in [6.07, 6.45) is 1.65. The van der Waals surface area contributed by atoms with Crippen molar-refractivity contribution < 1.29 is 8.42 Å². The normalized spacial score (nSPS) is 11.8. The number of nitrogens with two attached hydrogens (primary N) is 1. The molecule has 0 atom stereocenters. The summed E-state index contributed by atoms with van der Waals surface area (Å²) in [6.45, 7) is 1.60. The Kier molecular flexibility index (Phi) is 2.55. The molecule has 0 aliphatic rings. The summed E-state index contributed by atoms with van der Waals surface area (Å²) < 4.78 is 23.5. The van der Waals surface area contributed by atoms with Crippen LogP contribution in [0.15, 0.2) is 35.4 Å². The van der Waals surface area contributed by atoms with Crippen LogP contribution in [0.4, 0.5) is 5.69 Å². The minimum atomic E-state index is -3.27. The Hall–Kier alpha value is -1.62. The number of aromatic nitrogens is 1. The van der Waals surface area contributed by atoms with Crippen LogP contribution in [0, 0.1) is 0 Å². The average Bonchev–Trinajstić information content (AvgIpc) is 2.29. The van der Waals surface area contributed by atoms with Gasteiger partial charge in [-0.15, -0.1) is 0 Å². The average molecular weight is 236 g/mol. The van der Waals surface area contributed by atoms with Crippen molar-refractivity contribution in [3.8, 4) is 0 Å². The number of hydrogen-bond acceptors (Lipinski definition) is 4. The van der Waals surface area contributed by atoms with Crippen LogP contribution >= 0.6 is 0 Å². The van der Waals surface area contributed by atoms with Crippen molar-refractivity contribution in [3.63, 3.8) is 0 Å². The van der Waals surface area contributed by atoms with E-state index in [0.29, 0.717) is 10.9 Å². The lowest BCUT2D eigenvalue weighted by Crippen LogP contribution is -2.07. The molecule has 0 spiro atoms. The Morgan fingerprint density at radius 2 is 2.06 bits per heavy atom. The van der Waals surface area contributed by atoms with Gasteiger partial charge in [0.1, 0.15) is 0 Å². The van der Waals surface area contributed by atoms with Crippen molar-refractivity contribution in [2.45, 2.75) is 11.8 Å². The summed E-state index contributed by atoms with van der Waals surface area (Å²) in [5, 5.41) is 0.678. The van der Waals surface area contributed by atoms with Crippen LogP contribution in [0.25, 0.3) is 10.9 Å². The van der Waals surface area contributed by atoms with E-state index in [2.05, 4.69) is 4.98 Å². The maximum atomic E-state index is 11.8. The van der Waals surface area contributed by atoms with E-state index in [4.69, 9.17) is 5.73 Å². The van der Waals surface area contributed by atoms with Crippen LogP contribution in [0.3, 0.4) is 0 Å². The molecule has 2 rings (SSSR count). The highest BCUT2D eigenvalue weighted by Gasteiger charge is 2.16. The summed E-state index contributed by atoms with van der Waals surface area (Å²) in [6, 6.07) is 6.70. The third-order valence-electron chi connectivity index (χ3n) is 2.50. The molecular weight excluding hydrogens is 224 g/mol. The molecule has 0 saturated heterocycles. The first-order valence-corrected chi connectivity index (χ1v) is 6.57. The van der Waals surface area contributed by atoms with Gasteiger partial charge in [-0.3, -0.25) is 4.98 Å². The lowest BCUT2D eigenvalue weighted by Gasteiger charge is -2.07. The first kappa shape index (κ1) is 10.9. The van der Waals surface area contributed by atoms with Gasteiger partial charge in [0.15, 0.2) is 9.84 Å². The van der Waals surface area contributed by atoms with Crippen LogP contribution in [0.1, 0.15) is 6.92 Å². The number of fused-ring (bicyclic) bond motifs is 1. The molecule has 0 radical (unpaired) electrons. The number of rotatable bonds is 2. The third-order valence-corrected chi connectivity index (χ3v) is 4.29. The maximum Gasteiger partial charge on any atom is 0.180 e. The van der Waals surface area contributed by atoms with Crippen molar-refractivity contribution >= 4 is 26.4 Å². The Bertz CT molecular complexity index is 635. The molecule has 0 fully saturated rings. The minimum absolute atomic E-state index is 0.0446. The zero-order valence-corrected chi connectivity index (χ0v) is 9.66. The molecule has 2 N–H and O–H groups in total. The summed E-state index contributed by atoms with van der Waals surface area (Å²) >= 11 is 0. The molecule has 1 aromatic heterocycles. The van der Waals surface area contributed by atoms with E-state index >= 15 is 0 Å². The SMILES string of the molecule is CCS(=O)(=O)c1ccc2ncccc2c1N. The highest BCUT2D eigenvalue weighted by molar-refractivity contribution is 7.91. The van der Waals surface area contributed by atoms with E-state index in [-0.39, 0.29) is 16.3 Å². The Balaban J connectivity index is 2.80. The van der Waals surface area contributed by atoms with E-state index in [0.717, 1.165) is 0 Å². The molecule has 0 saturated carbocycles. The van der Waals surface area contributed by atoms with Gasteiger partial charge in [-0.1, -0.05) is 6.92 Å². The van der Waals surface area contributed by atoms with Crippen LogP contribution in [0.5, 0.6) is 0 Å². The van der Waals surface area contributed by atoms with Crippen molar-refractivity contribution in [1.29, 1.82) is 0 Å². The largest absolute Gasteiger partial charge is 0.397 e. The molecule has 0 bridgehead atoms. The minimum Gasteiger partial charge on any atom is -0.397 e. The van der Waals surface area contributed by atoms with Crippen LogP contribution in [-0.2, 0) is 9.84 Å². The number of nitrogen functional groups attached to an aromatic ring is 1. The summed E-state index contributed by atoms with van der Waals surface area (Å²) in [7, 11) is -3.27. The summed E-state index contributed by atoms with van der Waals surface area (Å²) in [5.74, 6) is 0.0446. The molecule has 0 unspecified atom stereocenters. The molecule has 0 aliphatic carbocycles. The molecule has 84 valence electrons. The van der Waals surface area contributed by atoms with Gasteiger partial charge >= 0.3 is 0 Å². The van der Waals surface area contributed by atoms with E-state index < -0.39 is 9.84 Å². The fraction of sp³-hybridized carbons (Fsp3) is 0.182. The number of anilines is 1. The zero-order chi connectivity index (χ0) is 11.8. The van der Waals surface area contributed by atoms with Gasteiger partial charge in [0.25, 0.3) is 0 Å². The van der Waals surface area contributed by atoms with Gasteiger partial charge < -0.3 is 5.73 Å². The molecular formula is C11H12N2O2S. The first-order chi connectivity index (χ1) is 7.56. The maximum absolute atomic E-state index is 11.8. The first-order valence-electron chi connectivity index (χ1n) is 4.92. The number of benzene rings is 1. The van der Waals surface area contributed by atoms with Gasteiger partial charge in [0.2, 0.25) is 0 Å².